The van der Waals surface area contributed by atoms with Crippen molar-refractivity contribution in [3.05, 3.63) is 211 Å². The van der Waals surface area contributed by atoms with E-state index in [9.17, 15) is 0 Å². The van der Waals surface area contributed by atoms with Gasteiger partial charge in [0.15, 0.2) is 17.5 Å². The predicted octanol–water partition coefficient (Wildman–Crippen LogP) is 17.4. The minimum absolute atomic E-state index is 0.0826. The third-order valence-corrected chi connectivity index (χ3v) is 16.8. The lowest BCUT2D eigenvalue weighted by Gasteiger charge is -2.43. The molecule has 16 rings (SSSR count). The van der Waals surface area contributed by atoms with Crippen molar-refractivity contribution in [2.75, 3.05) is 0 Å². The Hall–Kier alpha value is -8.55. The average Bonchev–Trinajstić information content (AvgIpc) is 4.17. The highest BCUT2D eigenvalue weighted by Gasteiger charge is 2.41. The fraction of sp³-hybridized carbons (Fsp3) is 0.203. The zero-order chi connectivity index (χ0) is 52.5. The van der Waals surface area contributed by atoms with Gasteiger partial charge in [0.25, 0.3) is 0 Å². The highest BCUT2D eigenvalue weighted by atomic mass is 15.1. The maximum absolute atomic E-state index is 5.71. The fourth-order valence-corrected chi connectivity index (χ4v) is 11.7. The van der Waals surface area contributed by atoms with Crippen LogP contribution in [0.1, 0.15) is 91.5 Å². The first-order valence-corrected chi connectivity index (χ1v) is 26.6. The van der Waals surface area contributed by atoms with Crippen molar-refractivity contribution in [2.45, 2.75) is 90.9 Å². The van der Waals surface area contributed by atoms with Gasteiger partial charge in [-0.25, -0.2) is 15.0 Å². The first-order valence-electron chi connectivity index (χ1n) is 26.6. The normalized spacial score (nSPS) is 14.1. The SMILES string of the molecule is CC(C)(C)c1ccc2c(c1)c1cc3ccc1n2-c1c(-c2ccccn2)cccc1-c1nc(-c2ccccc2)nc(n1)-c1cccc(-c2ccccn2)c1-n1c2ccc(C(C)(C)C)cc2c2cc(ccc21)C(C)(C)C3(C)C. The van der Waals surface area contributed by atoms with E-state index in [1.54, 1.807) is 0 Å². The van der Waals surface area contributed by atoms with E-state index in [0.29, 0.717) is 17.5 Å². The van der Waals surface area contributed by atoms with Gasteiger partial charge in [0, 0.05) is 61.8 Å². The number of hydrogen-bond acceptors (Lipinski definition) is 5. The molecule has 0 fully saturated rings. The number of fused-ring (bicyclic) bond motifs is 2. The fourth-order valence-electron chi connectivity index (χ4n) is 11.7. The lowest BCUT2D eigenvalue weighted by Crippen LogP contribution is -2.40. The summed E-state index contributed by atoms with van der Waals surface area (Å²) in [6.07, 6.45) is 3.75. The molecule has 7 heteroatoms. The number of para-hydroxylation sites is 2. The predicted molar refractivity (Wildman–Crippen MR) is 315 cm³/mol. The van der Waals surface area contributed by atoms with Crippen molar-refractivity contribution in [1.82, 2.24) is 34.1 Å². The van der Waals surface area contributed by atoms with E-state index < -0.39 is 0 Å². The molecular weight excluding hydrogens is 927 g/mol. The van der Waals surface area contributed by atoms with Crippen LogP contribution in [0.25, 0.3) is 112 Å². The summed E-state index contributed by atoms with van der Waals surface area (Å²) in [4.78, 5) is 26.8. The Balaban J connectivity index is 1.25. The number of benzene rings is 7. The smallest absolute Gasteiger partial charge is 0.166 e. The minimum Gasteiger partial charge on any atom is -0.308 e. The summed E-state index contributed by atoms with van der Waals surface area (Å²) in [6, 6.07) is 64.0. The van der Waals surface area contributed by atoms with Crippen LogP contribution < -0.4 is 0 Å². The number of pyridine rings is 2. The van der Waals surface area contributed by atoms with Crippen LogP contribution in [0.15, 0.2) is 188 Å². The minimum atomic E-state index is -0.342. The molecule has 76 heavy (non-hydrogen) atoms. The maximum Gasteiger partial charge on any atom is 0.166 e. The Morgan fingerprint density at radius 1 is 0.355 bits per heavy atom. The van der Waals surface area contributed by atoms with Gasteiger partial charge in [0.05, 0.1) is 44.8 Å². The molecule has 0 aliphatic carbocycles. The van der Waals surface area contributed by atoms with Gasteiger partial charge in [-0.15, -0.1) is 0 Å². The second-order valence-corrected chi connectivity index (χ2v) is 23.9. The summed E-state index contributed by atoms with van der Waals surface area (Å²) in [5.74, 6) is 1.67. The molecule has 0 unspecified atom stereocenters. The largest absolute Gasteiger partial charge is 0.308 e. The lowest BCUT2D eigenvalue weighted by atomic mass is 9.61. The standard InChI is InChI=1S/C69H61N7/c1-66(2,3)43-28-32-57-51(38-43)53-40-45-30-34-59(53)75(57)61-47(55-26-14-16-36-70-55)22-18-24-49(61)64-72-63(42-20-12-11-13-21-42)73-65(74-64)50-25-19-23-48(56-27-15-17-37-71-56)62(50)76-58-33-29-44(67(4,5)6)39-52(58)54-41-46(31-35-60(54)76)69(9,10)68(45,7)8/h11-41H,1-10H3. The van der Waals surface area contributed by atoms with Crippen molar-refractivity contribution < 1.29 is 0 Å². The molecule has 0 saturated carbocycles. The molecular formula is C69H61N7. The molecule has 4 aliphatic heterocycles. The molecule has 5 aromatic heterocycles. The highest BCUT2D eigenvalue weighted by molar-refractivity contribution is 6.12. The molecule has 12 aromatic rings. The summed E-state index contributed by atoms with van der Waals surface area (Å²) in [6.45, 7) is 23.5. The molecule has 10 bridgehead atoms. The van der Waals surface area contributed by atoms with Crippen LogP contribution in [0, 0.1) is 0 Å². The summed E-state index contributed by atoms with van der Waals surface area (Å²) in [5, 5.41) is 4.76. The van der Waals surface area contributed by atoms with Gasteiger partial charge in [-0.2, -0.15) is 0 Å². The van der Waals surface area contributed by atoms with E-state index in [1.165, 1.54) is 43.8 Å². The second kappa shape index (κ2) is 17.0. The van der Waals surface area contributed by atoms with E-state index in [1.807, 2.05) is 42.7 Å². The maximum atomic E-state index is 5.71. The van der Waals surface area contributed by atoms with Gasteiger partial charge in [0.1, 0.15) is 0 Å². The Morgan fingerprint density at radius 3 is 1.14 bits per heavy atom. The molecule has 4 aliphatic rings. The van der Waals surface area contributed by atoms with Crippen LogP contribution in [-0.4, -0.2) is 34.1 Å². The van der Waals surface area contributed by atoms with Crippen LogP contribution in [-0.2, 0) is 21.7 Å². The van der Waals surface area contributed by atoms with Gasteiger partial charge in [0.2, 0.25) is 0 Å². The Morgan fingerprint density at radius 2 is 0.737 bits per heavy atom. The zero-order valence-corrected chi connectivity index (χ0v) is 45.0. The molecule has 372 valence electrons. The van der Waals surface area contributed by atoms with E-state index >= 15 is 0 Å². The second-order valence-electron chi connectivity index (χ2n) is 23.9. The van der Waals surface area contributed by atoms with Crippen molar-refractivity contribution in [3.8, 4) is 68.1 Å². The van der Waals surface area contributed by atoms with E-state index in [2.05, 4.69) is 224 Å². The van der Waals surface area contributed by atoms with Crippen LogP contribution in [0.3, 0.4) is 0 Å². The first-order chi connectivity index (χ1) is 36.5. The Kier molecular flexibility index (Phi) is 10.5. The summed E-state index contributed by atoms with van der Waals surface area (Å²) < 4.78 is 4.89. The average molecular weight is 988 g/mol. The van der Waals surface area contributed by atoms with Gasteiger partial charge < -0.3 is 9.13 Å². The van der Waals surface area contributed by atoms with Gasteiger partial charge in [-0.05, 0) is 129 Å². The molecule has 0 atom stereocenters. The first kappa shape index (κ1) is 47.2. The van der Waals surface area contributed by atoms with Crippen LogP contribution >= 0.6 is 0 Å². The van der Waals surface area contributed by atoms with E-state index in [4.69, 9.17) is 24.9 Å². The quantitative estimate of drug-likeness (QED) is 0.176. The van der Waals surface area contributed by atoms with Crippen LogP contribution in [0.2, 0.25) is 0 Å². The Bertz CT molecular complexity index is 4030. The lowest BCUT2D eigenvalue weighted by molar-refractivity contribution is 0.303. The molecule has 7 nitrogen and oxygen atoms in total. The van der Waals surface area contributed by atoms with Crippen LogP contribution in [0.4, 0.5) is 0 Å². The highest BCUT2D eigenvalue weighted by Crippen LogP contribution is 2.50. The number of nitrogens with zero attached hydrogens (tertiary/aromatic N) is 7. The number of aromatic nitrogens is 7. The Labute approximate surface area is 445 Å². The van der Waals surface area contributed by atoms with E-state index in [-0.39, 0.29) is 21.7 Å². The molecule has 0 saturated heterocycles. The van der Waals surface area contributed by atoms with Gasteiger partial charge >= 0.3 is 0 Å². The van der Waals surface area contributed by atoms with Crippen molar-refractivity contribution >= 4 is 43.6 Å². The summed E-state index contributed by atoms with van der Waals surface area (Å²) in [7, 11) is 0. The molecule has 0 N–H and O–H groups in total. The zero-order valence-electron chi connectivity index (χ0n) is 45.0. The number of hydrogen-bond donors (Lipinski definition) is 0. The monoisotopic (exact) mass is 987 g/mol. The number of rotatable bonds is 3. The van der Waals surface area contributed by atoms with Gasteiger partial charge in [-0.3, -0.25) is 9.97 Å². The van der Waals surface area contributed by atoms with Gasteiger partial charge in [-0.1, -0.05) is 160 Å². The van der Waals surface area contributed by atoms with Crippen molar-refractivity contribution in [1.29, 1.82) is 0 Å². The van der Waals surface area contributed by atoms with Crippen molar-refractivity contribution in [2.24, 2.45) is 0 Å². The topological polar surface area (TPSA) is 74.3 Å². The molecule has 0 radical (unpaired) electrons. The molecule has 0 spiro atoms. The molecule has 9 heterocycles. The van der Waals surface area contributed by atoms with E-state index in [0.717, 1.165) is 72.6 Å². The molecule has 7 aromatic carbocycles. The van der Waals surface area contributed by atoms with Crippen LogP contribution in [0.5, 0.6) is 0 Å². The third kappa shape index (κ3) is 7.34. The third-order valence-electron chi connectivity index (χ3n) is 16.8. The summed E-state index contributed by atoms with van der Waals surface area (Å²) >= 11 is 0. The summed E-state index contributed by atoms with van der Waals surface area (Å²) in [5.41, 5.74) is 16.7. The van der Waals surface area contributed by atoms with Crippen molar-refractivity contribution in [3.63, 3.8) is 0 Å². The molecule has 0 amide bonds.